The van der Waals surface area contributed by atoms with Crippen LogP contribution in [-0.4, -0.2) is 37.7 Å². The van der Waals surface area contributed by atoms with Crippen molar-refractivity contribution in [3.05, 3.63) is 64.4 Å². The predicted octanol–water partition coefficient (Wildman–Crippen LogP) is 4.32. The fourth-order valence-corrected chi connectivity index (χ4v) is 3.19. The SMILES string of the molecule is Fc1ccc(COc2ccccc2CCCN2CCOCC2)c(Cl)c1. The summed E-state index contributed by atoms with van der Waals surface area (Å²) in [5.74, 6) is 0.530. The maximum atomic E-state index is 13.1. The first-order chi connectivity index (χ1) is 12.2. The average molecular weight is 364 g/mol. The third-order valence-electron chi connectivity index (χ3n) is 4.40. The van der Waals surface area contributed by atoms with Crippen LogP contribution in [0.3, 0.4) is 0 Å². The van der Waals surface area contributed by atoms with Gasteiger partial charge in [0.2, 0.25) is 0 Å². The molecule has 0 bridgehead atoms. The zero-order valence-electron chi connectivity index (χ0n) is 14.2. The molecule has 25 heavy (non-hydrogen) atoms. The molecule has 1 aliphatic heterocycles. The molecule has 0 radical (unpaired) electrons. The number of hydrogen-bond acceptors (Lipinski definition) is 3. The molecule has 0 saturated carbocycles. The lowest BCUT2D eigenvalue weighted by Crippen LogP contribution is -2.36. The van der Waals surface area contributed by atoms with Gasteiger partial charge >= 0.3 is 0 Å². The van der Waals surface area contributed by atoms with Gasteiger partial charge in [0.1, 0.15) is 18.2 Å². The Morgan fingerprint density at radius 2 is 1.88 bits per heavy atom. The van der Waals surface area contributed by atoms with Crippen LogP contribution in [0.2, 0.25) is 5.02 Å². The molecule has 0 atom stereocenters. The number of benzene rings is 2. The summed E-state index contributed by atoms with van der Waals surface area (Å²) in [5, 5.41) is 0.393. The lowest BCUT2D eigenvalue weighted by Gasteiger charge is -2.26. The molecule has 0 amide bonds. The number of morpholine rings is 1. The highest BCUT2D eigenvalue weighted by Gasteiger charge is 2.11. The summed E-state index contributed by atoms with van der Waals surface area (Å²) in [6.07, 6.45) is 2.04. The highest BCUT2D eigenvalue weighted by molar-refractivity contribution is 6.31. The maximum Gasteiger partial charge on any atom is 0.124 e. The minimum Gasteiger partial charge on any atom is -0.489 e. The monoisotopic (exact) mass is 363 g/mol. The number of aryl methyl sites for hydroxylation is 1. The summed E-state index contributed by atoms with van der Waals surface area (Å²) in [6, 6.07) is 12.4. The first-order valence-corrected chi connectivity index (χ1v) is 9.05. The first-order valence-electron chi connectivity index (χ1n) is 8.67. The second-order valence-corrected chi connectivity index (χ2v) is 6.60. The molecule has 2 aromatic rings. The minimum absolute atomic E-state index is 0.333. The van der Waals surface area contributed by atoms with Crippen molar-refractivity contribution in [1.29, 1.82) is 0 Å². The van der Waals surface area contributed by atoms with Crippen molar-refractivity contribution in [2.75, 3.05) is 32.8 Å². The van der Waals surface area contributed by atoms with E-state index < -0.39 is 0 Å². The molecule has 3 nitrogen and oxygen atoms in total. The minimum atomic E-state index is -0.336. The smallest absolute Gasteiger partial charge is 0.124 e. The standard InChI is InChI=1S/C20H23ClFNO2/c21-19-14-18(22)8-7-17(19)15-25-20-6-2-1-4-16(20)5-3-9-23-10-12-24-13-11-23/h1-2,4,6-8,14H,3,5,9-13,15H2. The molecule has 1 saturated heterocycles. The van der Waals surface area contributed by atoms with E-state index in [4.69, 9.17) is 21.1 Å². The third-order valence-corrected chi connectivity index (χ3v) is 4.75. The molecule has 0 aliphatic carbocycles. The predicted molar refractivity (Wildman–Crippen MR) is 97.8 cm³/mol. The van der Waals surface area contributed by atoms with Crippen LogP contribution in [0.4, 0.5) is 4.39 Å². The Bertz CT molecular complexity index is 689. The molecular weight excluding hydrogens is 341 g/mol. The van der Waals surface area contributed by atoms with Crippen LogP contribution in [0.15, 0.2) is 42.5 Å². The van der Waals surface area contributed by atoms with E-state index in [0.717, 1.165) is 57.0 Å². The second kappa shape index (κ2) is 9.18. The van der Waals surface area contributed by atoms with E-state index in [1.54, 1.807) is 6.07 Å². The molecular formula is C20H23ClFNO2. The van der Waals surface area contributed by atoms with Crippen LogP contribution >= 0.6 is 11.6 Å². The number of ether oxygens (including phenoxy) is 2. The summed E-state index contributed by atoms with van der Waals surface area (Å²) >= 11 is 6.07. The van der Waals surface area contributed by atoms with Crippen LogP contribution in [0, 0.1) is 5.82 Å². The van der Waals surface area contributed by atoms with Crippen molar-refractivity contribution in [3.8, 4) is 5.75 Å². The summed E-state index contributed by atoms with van der Waals surface area (Å²) in [6.45, 7) is 5.10. The Morgan fingerprint density at radius 1 is 1.08 bits per heavy atom. The molecule has 1 heterocycles. The Labute approximate surface area is 153 Å². The van der Waals surface area contributed by atoms with Crippen LogP contribution in [-0.2, 0) is 17.8 Å². The molecule has 0 aromatic heterocycles. The van der Waals surface area contributed by atoms with Crippen LogP contribution < -0.4 is 4.74 Å². The zero-order chi connectivity index (χ0) is 17.5. The molecule has 1 fully saturated rings. The van der Waals surface area contributed by atoms with Gasteiger partial charge in [-0.2, -0.15) is 0 Å². The highest BCUT2D eigenvalue weighted by Crippen LogP contribution is 2.23. The van der Waals surface area contributed by atoms with Gasteiger partial charge in [-0.1, -0.05) is 35.9 Å². The maximum absolute atomic E-state index is 13.1. The van der Waals surface area contributed by atoms with Crippen molar-refractivity contribution in [1.82, 2.24) is 4.90 Å². The van der Waals surface area contributed by atoms with E-state index in [2.05, 4.69) is 11.0 Å². The van der Waals surface area contributed by atoms with Crippen LogP contribution in [0.1, 0.15) is 17.5 Å². The fraction of sp³-hybridized carbons (Fsp3) is 0.400. The summed E-state index contributed by atoms with van der Waals surface area (Å²) in [4.78, 5) is 2.44. The molecule has 0 spiro atoms. The lowest BCUT2D eigenvalue weighted by atomic mass is 10.1. The van der Waals surface area contributed by atoms with Gasteiger partial charge in [0.15, 0.2) is 0 Å². The number of rotatable bonds is 7. The highest BCUT2D eigenvalue weighted by atomic mass is 35.5. The van der Waals surface area contributed by atoms with E-state index in [0.29, 0.717) is 11.6 Å². The molecule has 134 valence electrons. The first kappa shape index (κ1) is 18.2. The number of nitrogens with zero attached hydrogens (tertiary/aromatic N) is 1. The molecule has 2 aromatic carbocycles. The number of halogens is 2. The van der Waals surface area contributed by atoms with Gasteiger partial charge in [0, 0.05) is 18.7 Å². The summed E-state index contributed by atoms with van der Waals surface area (Å²) < 4.78 is 24.5. The van der Waals surface area contributed by atoms with Gasteiger partial charge in [0.25, 0.3) is 0 Å². The topological polar surface area (TPSA) is 21.7 Å². The van der Waals surface area contributed by atoms with Crippen LogP contribution in [0.25, 0.3) is 0 Å². The van der Waals surface area contributed by atoms with Crippen molar-refractivity contribution in [3.63, 3.8) is 0 Å². The van der Waals surface area contributed by atoms with Crippen molar-refractivity contribution >= 4 is 11.6 Å². The van der Waals surface area contributed by atoms with E-state index in [1.165, 1.54) is 17.7 Å². The molecule has 5 heteroatoms. The Hall–Kier alpha value is -1.62. The lowest BCUT2D eigenvalue weighted by molar-refractivity contribution is 0.0374. The van der Waals surface area contributed by atoms with E-state index in [-0.39, 0.29) is 5.82 Å². The molecule has 0 unspecified atom stereocenters. The number of para-hydroxylation sites is 1. The normalized spacial score (nSPS) is 15.3. The van der Waals surface area contributed by atoms with E-state index >= 15 is 0 Å². The molecule has 3 rings (SSSR count). The molecule has 1 aliphatic rings. The van der Waals surface area contributed by atoms with Gasteiger partial charge < -0.3 is 9.47 Å². The van der Waals surface area contributed by atoms with Crippen molar-refractivity contribution in [2.45, 2.75) is 19.4 Å². The van der Waals surface area contributed by atoms with Gasteiger partial charge in [-0.05, 0) is 43.1 Å². The van der Waals surface area contributed by atoms with Crippen molar-refractivity contribution < 1.29 is 13.9 Å². The second-order valence-electron chi connectivity index (χ2n) is 6.19. The fourth-order valence-electron chi connectivity index (χ4n) is 2.96. The quantitative estimate of drug-likeness (QED) is 0.731. The van der Waals surface area contributed by atoms with Gasteiger partial charge in [0.05, 0.1) is 18.2 Å². The van der Waals surface area contributed by atoms with Crippen LogP contribution in [0.5, 0.6) is 5.75 Å². The largest absolute Gasteiger partial charge is 0.489 e. The van der Waals surface area contributed by atoms with Gasteiger partial charge in [-0.15, -0.1) is 0 Å². The van der Waals surface area contributed by atoms with Gasteiger partial charge in [-0.3, -0.25) is 4.90 Å². The summed E-state index contributed by atoms with van der Waals surface area (Å²) in [5.41, 5.74) is 1.97. The zero-order valence-corrected chi connectivity index (χ0v) is 15.0. The average Bonchev–Trinajstić information content (AvgIpc) is 2.63. The van der Waals surface area contributed by atoms with E-state index in [9.17, 15) is 4.39 Å². The van der Waals surface area contributed by atoms with Gasteiger partial charge in [-0.25, -0.2) is 4.39 Å². The molecule has 0 N–H and O–H groups in total. The number of hydrogen-bond donors (Lipinski definition) is 0. The van der Waals surface area contributed by atoms with E-state index in [1.807, 2.05) is 18.2 Å². The summed E-state index contributed by atoms with van der Waals surface area (Å²) in [7, 11) is 0. The Balaban J connectivity index is 1.54. The van der Waals surface area contributed by atoms with Crippen molar-refractivity contribution in [2.24, 2.45) is 0 Å². The third kappa shape index (κ3) is 5.43. The Kier molecular flexibility index (Phi) is 6.68. The Morgan fingerprint density at radius 3 is 2.68 bits per heavy atom.